The maximum atomic E-state index is 12.0. The Morgan fingerprint density at radius 1 is 1.04 bits per heavy atom. The van der Waals surface area contributed by atoms with Crippen molar-refractivity contribution in [1.82, 2.24) is 5.06 Å². The fourth-order valence-corrected chi connectivity index (χ4v) is 4.49. The first-order valence-corrected chi connectivity index (χ1v) is 9.87. The van der Waals surface area contributed by atoms with Gasteiger partial charge in [-0.2, -0.15) is 0 Å². The number of hydrogen-bond acceptors (Lipinski definition) is 8. The van der Waals surface area contributed by atoms with E-state index in [1.807, 2.05) is 27.7 Å². The monoisotopic (exact) mass is 385 g/mol. The molecule has 0 radical (unpaired) electrons. The molecule has 27 heavy (non-hydrogen) atoms. The van der Waals surface area contributed by atoms with E-state index in [-0.39, 0.29) is 36.4 Å². The van der Waals surface area contributed by atoms with Crippen molar-refractivity contribution in [3.63, 3.8) is 0 Å². The summed E-state index contributed by atoms with van der Waals surface area (Å²) >= 11 is 0. The van der Waals surface area contributed by atoms with Gasteiger partial charge in [-0.1, -0.05) is 13.8 Å². The SMILES string of the molecule is CC(C)C[C@H]1CC(=O)ON1[C@@H]1O[C@@H]([C@H]2COC(C)(C)O2)[C@H]2OC(C)(C)O[C@H]21. The van der Waals surface area contributed by atoms with Crippen LogP contribution in [0.3, 0.4) is 0 Å². The van der Waals surface area contributed by atoms with Gasteiger partial charge in [0.05, 0.1) is 19.1 Å². The highest BCUT2D eigenvalue weighted by molar-refractivity contribution is 5.71. The van der Waals surface area contributed by atoms with Gasteiger partial charge < -0.3 is 28.5 Å². The molecular formula is C19H31NO7. The second-order valence-corrected chi connectivity index (χ2v) is 9.23. The molecule has 8 heteroatoms. The van der Waals surface area contributed by atoms with Gasteiger partial charge in [-0.05, 0) is 40.0 Å². The predicted octanol–water partition coefficient (Wildman–Crippen LogP) is 1.96. The number of rotatable bonds is 4. The Hall–Kier alpha value is -0.770. The lowest BCUT2D eigenvalue weighted by Gasteiger charge is -2.32. The molecule has 0 bridgehead atoms. The lowest BCUT2D eigenvalue weighted by atomic mass is 10.0. The molecule has 4 fully saturated rings. The van der Waals surface area contributed by atoms with Crippen molar-refractivity contribution < 1.29 is 33.3 Å². The summed E-state index contributed by atoms with van der Waals surface area (Å²) < 4.78 is 30.4. The molecule has 0 aromatic carbocycles. The van der Waals surface area contributed by atoms with Gasteiger partial charge >= 0.3 is 5.97 Å². The Labute approximate surface area is 160 Å². The number of carbonyl (C=O) groups is 1. The Bertz CT molecular complexity index is 593. The Morgan fingerprint density at radius 3 is 2.37 bits per heavy atom. The second kappa shape index (κ2) is 6.64. The van der Waals surface area contributed by atoms with Crippen molar-refractivity contribution >= 4 is 5.97 Å². The van der Waals surface area contributed by atoms with Crippen LogP contribution in [0.4, 0.5) is 0 Å². The smallest absolute Gasteiger partial charge is 0.326 e. The number of nitrogens with zero attached hydrogens (tertiary/aromatic N) is 1. The van der Waals surface area contributed by atoms with Crippen LogP contribution in [-0.4, -0.2) is 65.9 Å². The molecule has 0 amide bonds. The second-order valence-electron chi connectivity index (χ2n) is 9.23. The maximum absolute atomic E-state index is 12.0. The Kier molecular flexibility index (Phi) is 4.81. The van der Waals surface area contributed by atoms with Gasteiger partial charge in [-0.25, -0.2) is 0 Å². The van der Waals surface area contributed by atoms with Crippen molar-refractivity contribution in [2.24, 2.45) is 5.92 Å². The molecule has 4 saturated heterocycles. The number of fused-ring (bicyclic) bond motifs is 1. The molecule has 4 aliphatic heterocycles. The Balaban J connectivity index is 1.57. The summed E-state index contributed by atoms with van der Waals surface area (Å²) in [6.07, 6.45) is -0.623. The van der Waals surface area contributed by atoms with E-state index in [1.165, 1.54) is 0 Å². The summed E-state index contributed by atoms with van der Waals surface area (Å²) in [4.78, 5) is 17.6. The molecular weight excluding hydrogens is 354 g/mol. The van der Waals surface area contributed by atoms with Gasteiger partial charge in [0, 0.05) is 0 Å². The molecule has 6 atom stereocenters. The summed E-state index contributed by atoms with van der Waals surface area (Å²) in [6.45, 7) is 12.2. The molecule has 0 N–H and O–H groups in total. The predicted molar refractivity (Wildman–Crippen MR) is 93.2 cm³/mol. The van der Waals surface area contributed by atoms with Crippen LogP contribution in [0.1, 0.15) is 54.4 Å². The van der Waals surface area contributed by atoms with Crippen LogP contribution in [-0.2, 0) is 33.3 Å². The first kappa shape index (κ1) is 19.5. The topological polar surface area (TPSA) is 75.7 Å². The van der Waals surface area contributed by atoms with Gasteiger partial charge in [-0.3, -0.25) is 4.79 Å². The zero-order chi connectivity index (χ0) is 19.6. The van der Waals surface area contributed by atoms with Crippen molar-refractivity contribution in [3.8, 4) is 0 Å². The first-order chi connectivity index (χ1) is 12.5. The molecule has 0 aromatic heterocycles. The average molecular weight is 385 g/mol. The zero-order valence-corrected chi connectivity index (χ0v) is 17.0. The van der Waals surface area contributed by atoms with Gasteiger partial charge in [0.15, 0.2) is 17.8 Å². The summed E-state index contributed by atoms with van der Waals surface area (Å²) in [6, 6.07) is -0.0357. The van der Waals surface area contributed by atoms with Crippen LogP contribution in [0.5, 0.6) is 0 Å². The fourth-order valence-electron chi connectivity index (χ4n) is 4.49. The number of hydrogen-bond donors (Lipinski definition) is 0. The van der Waals surface area contributed by atoms with E-state index in [1.54, 1.807) is 5.06 Å². The van der Waals surface area contributed by atoms with Crippen molar-refractivity contribution in [3.05, 3.63) is 0 Å². The molecule has 0 aromatic rings. The number of ether oxygens (including phenoxy) is 5. The lowest BCUT2D eigenvalue weighted by molar-refractivity contribution is -0.276. The molecule has 0 aliphatic carbocycles. The van der Waals surface area contributed by atoms with Crippen LogP contribution >= 0.6 is 0 Å². The van der Waals surface area contributed by atoms with Crippen LogP contribution in [0.2, 0.25) is 0 Å². The molecule has 0 saturated carbocycles. The van der Waals surface area contributed by atoms with Crippen LogP contribution in [0.25, 0.3) is 0 Å². The van der Waals surface area contributed by atoms with E-state index in [0.717, 1.165) is 6.42 Å². The van der Waals surface area contributed by atoms with E-state index >= 15 is 0 Å². The molecule has 4 heterocycles. The molecule has 8 nitrogen and oxygen atoms in total. The van der Waals surface area contributed by atoms with Crippen LogP contribution in [0.15, 0.2) is 0 Å². The van der Waals surface area contributed by atoms with Crippen molar-refractivity contribution in [2.75, 3.05) is 6.61 Å². The average Bonchev–Trinajstić information content (AvgIpc) is 3.21. The quantitative estimate of drug-likeness (QED) is 0.727. The van der Waals surface area contributed by atoms with Crippen molar-refractivity contribution in [2.45, 2.75) is 103 Å². The highest BCUT2D eigenvalue weighted by Crippen LogP contribution is 2.44. The summed E-state index contributed by atoms with van der Waals surface area (Å²) in [5, 5.41) is 1.69. The third kappa shape index (κ3) is 3.75. The van der Waals surface area contributed by atoms with E-state index < -0.39 is 17.8 Å². The van der Waals surface area contributed by atoms with Gasteiger partial charge in [-0.15, -0.1) is 5.06 Å². The van der Waals surface area contributed by atoms with Crippen molar-refractivity contribution in [1.29, 1.82) is 0 Å². The van der Waals surface area contributed by atoms with Crippen LogP contribution in [0, 0.1) is 5.92 Å². The Morgan fingerprint density at radius 2 is 1.74 bits per heavy atom. The van der Waals surface area contributed by atoms with Crippen LogP contribution < -0.4 is 0 Å². The normalized spacial score (nSPS) is 43.4. The number of carbonyl (C=O) groups excluding carboxylic acids is 1. The highest BCUT2D eigenvalue weighted by atomic mass is 16.8. The van der Waals surface area contributed by atoms with Gasteiger partial charge in [0.25, 0.3) is 0 Å². The minimum atomic E-state index is -0.734. The standard InChI is InChI=1S/C19H31NO7/c1-10(2)7-11-8-13(21)27-20(11)17-16-15(25-19(5,6)26-16)14(23-17)12-9-22-18(3,4)24-12/h10-12,14-17H,7-9H2,1-6H3/t11-,12+,14-,15+,16+,17+/m0/s1. The summed E-state index contributed by atoms with van der Waals surface area (Å²) in [5.41, 5.74) is 0. The van der Waals surface area contributed by atoms with E-state index in [9.17, 15) is 4.79 Å². The largest absolute Gasteiger partial charge is 0.365 e. The maximum Gasteiger partial charge on any atom is 0.326 e. The third-order valence-corrected chi connectivity index (χ3v) is 5.43. The minimum absolute atomic E-state index is 0.0357. The zero-order valence-electron chi connectivity index (χ0n) is 17.0. The molecule has 4 aliphatic rings. The first-order valence-electron chi connectivity index (χ1n) is 9.87. The molecule has 154 valence electrons. The van der Waals surface area contributed by atoms with E-state index in [2.05, 4.69) is 13.8 Å². The van der Waals surface area contributed by atoms with Gasteiger partial charge in [0.1, 0.15) is 24.4 Å². The van der Waals surface area contributed by atoms with E-state index in [0.29, 0.717) is 18.9 Å². The lowest BCUT2D eigenvalue weighted by Crippen LogP contribution is -2.46. The molecule has 0 spiro atoms. The minimum Gasteiger partial charge on any atom is -0.365 e. The summed E-state index contributed by atoms with van der Waals surface area (Å²) in [7, 11) is 0. The molecule has 0 unspecified atom stereocenters. The summed E-state index contributed by atoms with van der Waals surface area (Å²) in [5.74, 6) is -1.19. The molecule has 4 rings (SSSR count). The number of hydroxylamine groups is 2. The third-order valence-electron chi connectivity index (χ3n) is 5.43. The highest BCUT2D eigenvalue weighted by Gasteiger charge is 2.62. The van der Waals surface area contributed by atoms with E-state index in [4.69, 9.17) is 28.5 Å². The fraction of sp³-hybridized carbons (Fsp3) is 0.947. The van der Waals surface area contributed by atoms with Gasteiger partial charge in [0.2, 0.25) is 0 Å².